The lowest BCUT2D eigenvalue weighted by molar-refractivity contribution is 0.474. The first-order valence-corrected chi connectivity index (χ1v) is 5.96. The maximum Gasteiger partial charge on any atom is 0.116 e. The van der Waals surface area contributed by atoms with Crippen LogP contribution in [0.1, 0.15) is 12.8 Å². The van der Waals surface area contributed by atoms with Crippen molar-refractivity contribution in [2.45, 2.75) is 17.7 Å². The van der Waals surface area contributed by atoms with Crippen molar-refractivity contribution in [3.05, 3.63) is 18.2 Å². The molecule has 0 bridgehead atoms. The average molecular weight is 207 g/mol. The molecule has 0 saturated heterocycles. The van der Waals surface area contributed by atoms with Crippen molar-refractivity contribution in [1.82, 2.24) is 0 Å². The molecular weight excluding hydrogens is 194 g/mol. The van der Waals surface area contributed by atoms with Crippen LogP contribution in [-0.4, -0.2) is 17.4 Å². The highest BCUT2D eigenvalue weighted by atomic mass is 32.2. The maximum absolute atomic E-state index is 9.38. The normalized spacial score (nSPS) is 22.3. The zero-order valence-corrected chi connectivity index (χ0v) is 8.73. The van der Waals surface area contributed by atoms with Gasteiger partial charge in [-0.25, -0.2) is 0 Å². The van der Waals surface area contributed by atoms with Crippen LogP contribution in [0.5, 0.6) is 5.75 Å². The summed E-state index contributed by atoms with van der Waals surface area (Å²) in [6, 6.07) is 5.57. The van der Waals surface area contributed by atoms with Gasteiger partial charge in [-0.2, -0.15) is 0 Å². The summed E-state index contributed by atoms with van der Waals surface area (Å²) in [6.45, 7) is 1.10. The minimum Gasteiger partial charge on any atom is -0.508 e. The Bertz CT molecular complexity index is 374. The molecule has 3 rings (SSSR count). The third-order valence-corrected chi connectivity index (χ3v) is 4.52. The fourth-order valence-electron chi connectivity index (χ4n) is 1.84. The van der Waals surface area contributed by atoms with E-state index in [-0.39, 0.29) is 0 Å². The molecule has 0 atom stereocenters. The number of nitrogens with one attached hydrogen (secondary N) is 1. The number of fused-ring (bicyclic) bond motifs is 1. The van der Waals surface area contributed by atoms with Gasteiger partial charge in [0.15, 0.2) is 0 Å². The standard InChI is InChI=1S/C11H13NOS/c13-8-1-2-9-10(5-8)14-7-11(3-4-11)6-12-9/h1-2,5,12-13H,3-4,6-7H2. The second-order valence-corrected chi connectivity index (χ2v) is 5.34. The molecule has 0 amide bonds. The van der Waals surface area contributed by atoms with Crippen molar-refractivity contribution in [1.29, 1.82) is 0 Å². The molecule has 1 aliphatic heterocycles. The number of phenolic OH excluding ortho intramolecular Hbond substituents is 1. The molecule has 2 nitrogen and oxygen atoms in total. The Morgan fingerprint density at radius 3 is 3.00 bits per heavy atom. The lowest BCUT2D eigenvalue weighted by atomic mass is 10.1. The summed E-state index contributed by atoms with van der Waals surface area (Å²) >= 11 is 1.87. The van der Waals surface area contributed by atoms with E-state index >= 15 is 0 Å². The van der Waals surface area contributed by atoms with E-state index in [0.717, 1.165) is 6.54 Å². The van der Waals surface area contributed by atoms with Crippen molar-refractivity contribution in [2.24, 2.45) is 5.41 Å². The predicted molar refractivity (Wildman–Crippen MR) is 59.0 cm³/mol. The molecule has 1 aliphatic carbocycles. The van der Waals surface area contributed by atoms with Gasteiger partial charge in [0.25, 0.3) is 0 Å². The van der Waals surface area contributed by atoms with Crippen molar-refractivity contribution >= 4 is 17.4 Å². The fraction of sp³-hybridized carbons (Fsp3) is 0.455. The molecule has 0 aromatic heterocycles. The number of rotatable bonds is 0. The van der Waals surface area contributed by atoms with Gasteiger partial charge in [-0.3, -0.25) is 0 Å². The van der Waals surface area contributed by atoms with Crippen LogP contribution in [0.2, 0.25) is 0 Å². The SMILES string of the molecule is Oc1ccc2c(c1)SCC1(CC1)CN2. The summed E-state index contributed by atoms with van der Waals surface area (Å²) in [6.07, 6.45) is 2.71. The van der Waals surface area contributed by atoms with Crippen LogP contribution in [0.3, 0.4) is 0 Å². The van der Waals surface area contributed by atoms with Gasteiger partial charge >= 0.3 is 0 Å². The highest BCUT2D eigenvalue weighted by Gasteiger charge is 2.43. The third-order valence-electron chi connectivity index (χ3n) is 3.11. The summed E-state index contributed by atoms with van der Waals surface area (Å²) in [4.78, 5) is 1.19. The van der Waals surface area contributed by atoms with Gasteiger partial charge in [0.2, 0.25) is 0 Å². The van der Waals surface area contributed by atoms with Crippen molar-refractivity contribution in [3.63, 3.8) is 0 Å². The Hall–Kier alpha value is -0.830. The largest absolute Gasteiger partial charge is 0.508 e. The lowest BCUT2D eigenvalue weighted by Crippen LogP contribution is -2.15. The second-order valence-electron chi connectivity index (χ2n) is 4.32. The molecule has 1 spiro atoms. The second kappa shape index (κ2) is 2.83. The molecule has 1 aromatic carbocycles. The molecule has 1 aromatic rings. The minimum atomic E-state index is 0.366. The fourth-order valence-corrected chi connectivity index (χ4v) is 3.19. The Balaban J connectivity index is 1.93. The van der Waals surface area contributed by atoms with Crippen LogP contribution in [0, 0.1) is 5.41 Å². The Morgan fingerprint density at radius 1 is 1.36 bits per heavy atom. The zero-order valence-electron chi connectivity index (χ0n) is 7.92. The number of hydrogen-bond acceptors (Lipinski definition) is 3. The van der Waals surface area contributed by atoms with Crippen molar-refractivity contribution in [3.8, 4) is 5.75 Å². The first-order chi connectivity index (χ1) is 6.77. The van der Waals surface area contributed by atoms with E-state index in [4.69, 9.17) is 0 Å². The number of benzene rings is 1. The van der Waals surface area contributed by atoms with Gasteiger partial charge in [0.05, 0.1) is 0 Å². The summed E-state index contributed by atoms with van der Waals surface area (Å²) < 4.78 is 0. The van der Waals surface area contributed by atoms with Gasteiger partial charge in [-0.15, -0.1) is 11.8 Å². The van der Waals surface area contributed by atoms with E-state index in [1.54, 1.807) is 6.07 Å². The van der Waals surface area contributed by atoms with E-state index in [9.17, 15) is 5.11 Å². The van der Waals surface area contributed by atoms with Crippen molar-refractivity contribution < 1.29 is 5.11 Å². The molecule has 2 N–H and O–H groups in total. The van der Waals surface area contributed by atoms with E-state index in [0.29, 0.717) is 11.2 Å². The van der Waals surface area contributed by atoms with Gasteiger partial charge in [-0.1, -0.05) is 0 Å². The minimum absolute atomic E-state index is 0.366. The van der Waals surface area contributed by atoms with Crippen LogP contribution in [0.15, 0.2) is 23.1 Å². The lowest BCUT2D eigenvalue weighted by Gasteiger charge is -2.10. The van der Waals surface area contributed by atoms with E-state index < -0.39 is 0 Å². The number of aromatic hydroxyl groups is 1. The van der Waals surface area contributed by atoms with Gasteiger partial charge in [-0.05, 0) is 36.5 Å². The summed E-state index contributed by atoms with van der Waals surface area (Å²) in [5.41, 5.74) is 1.73. The van der Waals surface area contributed by atoms with Gasteiger partial charge < -0.3 is 10.4 Å². The van der Waals surface area contributed by atoms with Crippen LogP contribution < -0.4 is 5.32 Å². The summed E-state index contributed by atoms with van der Waals surface area (Å²) in [5.74, 6) is 1.56. The third kappa shape index (κ3) is 1.36. The highest BCUT2D eigenvalue weighted by molar-refractivity contribution is 7.99. The molecule has 0 unspecified atom stereocenters. The quantitative estimate of drug-likeness (QED) is 0.641. The number of thioether (sulfide) groups is 1. The number of phenols is 1. The first kappa shape index (κ1) is 8.48. The molecule has 74 valence electrons. The molecule has 1 saturated carbocycles. The molecule has 0 radical (unpaired) electrons. The topological polar surface area (TPSA) is 32.3 Å². The van der Waals surface area contributed by atoms with Gasteiger partial charge in [0, 0.05) is 22.9 Å². The van der Waals surface area contributed by atoms with Gasteiger partial charge in [0.1, 0.15) is 5.75 Å². The van der Waals surface area contributed by atoms with Crippen LogP contribution in [0.4, 0.5) is 5.69 Å². The average Bonchev–Trinajstić information content (AvgIpc) is 2.96. The van der Waals surface area contributed by atoms with E-state index in [1.165, 1.54) is 29.2 Å². The molecule has 2 aliphatic rings. The zero-order chi connectivity index (χ0) is 9.60. The summed E-state index contributed by atoms with van der Waals surface area (Å²) in [5, 5.41) is 12.9. The van der Waals surface area contributed by atoms with Crippen LogP contribution in [-0.2, 0) is 0 Å². The molecule has 1 heterocycles. The molecule has 1 fully saturated rings. The first-order valence-electron chi connectivity index (χ1n) is 4.97. The predicted octanol–water partition coefficient (Wildman–Crippen LogP) is 2.69. The van der Waals surface area contributed by atoms with Crippen LogP contribution in [0.25, 0.3) is 0 Å². The molecular formula is C11H13NOS. The number of anilines is 1. The Kier molecular flexibility index (Phi) is 1.71. The molecule has 3 heteroatoms. The number of hydrogen-bond donors (Lipinski definition) is 2. The van der Waals surface area contributed by atoms with E-state index in [1.807, 2.05) is 23.9 Å². The van der Waals surface area contributed by atoms with Crippen molar-refractivity contribution in [2.75, 3.05) is 17.6 Å². The van der Waals surface area contributed by atoms with Crippen LogP contribution >= 0.6 is 11.8 Å². The van der Waals surface area contributed by atoms with E-state index in [2.05, 4.69) is 5.32 Å². The Morgan fingerprint density at radius 2 is 2.21 bits per heavy atom. The monoisotopic (exact) mass is 207 g/mol. The Labute approximate surface area is 87.7 Å². The molecule has 14 heavy (non-hydrogen) atoms. The smallest absolute Gasteiger partial charge is 0.116 e. The summed E-state index contributed by atoms with van der Waals surface area (Å²) in [7, 11) is 0. The highest BCUT2D eigenvalue weighted by Crippen LogP contribution is 2.52. The maximum atomic E-state index is 9.38.